The van der Waals surface area contributed by atoms with Crippen molar-refractivity contribution < 1.29 is 9.90 Å². The smallest absolute Gasteiger partial charge is 0.158 e. The van der Waals surface area contributed by atoms with Crippen molar-refractivity contribution in [3.05, 3.63) is 11.8 Å². The molecule has 13 heavy (non-hydrogen) atoms. The Hall–Kier alpha value is -0.790. The summed E-state index contributed by atoms with van der Waals surface area (Å²) in [7, 11) is 0. The van der Waals surface area contributed by atoms with Gasteiger partial charge in [0.25, 0.3) is 0 Å². The Bertz CT molecular complexity index is 200. The van der Waals surface area contributed by atoms with E-state index in [1.165, 1.54) is 25.3 Å². The molecule has 0 bridgehead atoms. The van der Waals surface area contributed by atoms with Crippen molar-refractivity contribution in [1.82, 2.24) is 0 Å². The van der Waals surface area contributed by atoms with Crippen molar-refractivity contribution in [1.29, 1.82) is 0 Å². The highest BCUT2D eigenvalue weighted by molar-refractivity contribution is 5.89. The zero-order valence-corrected chi connectivity index (χ0v) is 8.25. The number of aliphatic hydroxyl groups excluding tert-OH is 1. The molecule has 1 aliphatic carbocycles. The molecule has 0 aromatic heterocycles. The molecule has 74 valence electrons. The number of carbonyl (C=O) groups is 1. The summed E-state index contributed by atoms with van der Waals surface area (Å²) in [5, 5.41) is 9.62. The number of hydrogen-bond acceptors (Lipinski definition) is 2. The third kappa shape index (κ3) is 3.21. The molecule has 0 aliphatic heterocycles. The molecule has 1 N–H and O–H groups in total. The monoisotopic (exact) mass is 182 g/mol. The zero-order valence-electron chi connectivity index (χ0n) is 8.25. The van der Waals surface area contributed by atoms with Crippen LogP contribution >= 0.6 is 0 Å². The maximum Gasteiger partial charge on any atom is 0.158 e. The SMILES string of the molecule is CCC(=O)/C=C(\O)C1CCCCC1. The van der Waals surface area contributed by atoms with Crippen LogP contribution in [0.15, 0.2) is 11.8 Å². The van der Waals surface area contributed by atoms with Gasteiger partial charge in [-0.3, -0.25) is 4.79 Å². The first-order valence-electron chi connectivity index (χ1n) is 5.17. The molecule has 2 heteroatoms. The van der Waals surface area contributed by atoms with Crippen LogP contribution in [-0.4, -0.2) is 10.9 Å². The van der Waals surface area contributed by atoms with Gasteiger partial charge in [-0.2, -0.15) is 0 Å². The topological polar surface area (TPSA) is 37.3 Å². The van der Waals surface area contributed by atoms with Crippen LogP contribution in [0.25, 0.3) is 0 Å². The Balaban J connectivity index is 2.49. The molecule has 1 fully saturated rings. The van der Waals surface area contributed by atoms with E-state index < -0.39 is 0 Å². The Morgan fingerprint density at radius 1 is 1.38 bits per heavy atom. The van der Waals surface area contributed by atoms with Crippen LogP contribution in [-0.2, 0) is 4.79 Å². The molecule has 0 saturated heterocycles. The number of aliphatic hydroxyl groups is 1. The number of ketones is 1. The van der Waals surface area contributed by atoms with E-state index in [-0.39, 0.29) is 11.7 Å². The molecule has 0 atom stereocenters. The molecular weight excluding hydrogens is 164 g/mol. The van der Waals surface area contributed by atoms with Gasteiger partial charge in [0.2, 0.25) is 0 Å². The average molecular weight is 182 g/mol. The van der Waals surface area contributed by atoms with Gasteiger partial charge in [-0.25, -0.2) is 0 Å². The predicted molar refractivity (Wildman–Crippen MR) is 52.6 cm³/mol. The highest BCUT2D eigenvalue weighted by Crippen LogP contribution is 2.28. The second-order valence-corrected chi connectivity index (χ2v) is 3.72. The second-order valence-electron chi connectivity index (χ2n) is 3.72. The lowest BCUT2D eigenvalue weighted by molar-refractivity contribution is -0.114. The number of carbonyl (C=O) groups excluding carboxylic acids is 1. The molecule has 0 unspecified atom stereocenters. The summed E-state index contributed by atoms with van der Waals surface area (Å²) in [5.41, 5.74) is 0. The van der Waals surface area contributed by atoms with Gasteiger partial charge >= 0.3 is 0 Å². The van der Waals surface area contributed by atoms with Crippen LogP contribution in [0, 0.1) is 5.92 Å². The van der Waals surface area contributed by atoms with Gasteiger partial charge in [0.05, 0.1) is 5.76 Å². The fourth-order valence-electron chi connectivity index (χ4n) is 1.78. The number of allylic oxidation sites excluding steroid dienone is 2. The Labute approximate surface area is 79.6 Å². The summed E-state index contributed by atoms with van der Waals surface area (Å²) >= 11 is 0. The summed E-state index contributed by atoms with van der Waals surface area (Å²) in [6, 6.07) is 0. The van der Waals surface area contributed by atoms with Crippen molar-refractivity contribution in [2.75, 3.05) is 0 Å². The van der Waals surface area contributed by atoms with Crippen LogP contribution in [0.1, 0.15) is 45.4 Å². The molecule has 0 aromatic carbocycles. The molecule has 0 amide bonds. The summed E-state index contributed by atoms with van der Waals surface area (Å²) < 4.78 is 0. The minimum atomic E-state index is 0.0306. The van der Waals surface area contributed by atoms with Gasteiger partial charge in [0.1, 0.15) is 0 Å². The average Bonchev–Trinajstić information content (AvgIpc) is 2.19. The Morgan fingerprint density at radius 3 is 2.54 bits per heavy atom. The minimum absolute atomic E-state index is 0.0306. The van der Waals surface area contributed by atoms with Crippen molar-refractivity contribution in [2.24, 2.45) is 5.92 Å². The number of hydrogen-bond donors (Lipinski definition) is 1. The fraction of sp³-hybridized carbons (Fsp3) is 0.727. The number of rotatable bonds is 3. The van der Waals surface area contributed by atoms with E-state index >= 15 is 0 Å². The largest absolute Gasteiger partial charge is 0.512 e. The quantitative estimate of drug-likeness (QED) is 0.538. The molecule has 0 aromatic rings. The van der Waals surface area contributed by atoms with Gasteiger partial charge in [0.15, 0.2) is 5.78 Å². The summed E-state index contributed by atoms with van der Waals surface area (Å²) in [6.07, 6.45) is 7.61. The molecule has 0 heterocycles. The minimum Gasteiger partial charge on any atom is -0.512 e. The van der Waals surface area contributed by atoms with Crippen LogP contribution in [0.4, 0.5) is 0 Å². The molecule has 1 aliphatic rings. The predicted octanol–water partition coefficient (Wildman–Crippen LogP) is 2.99. The molecule has 1 saturated carbocycles. The van der Waals surface area contributed by atoms with Gasteiger partial charge < -0.3 is 5.11 Å². The normalized spacial score (nSPS) is 20.2. The van der Waals surface area contributed by atoms with Gasteiger partial charge in [-0.05, 0) is 12.8 Å². The summed E-state index contributed by atoms with van der Waals surface area (Å²) in [4.78, 5) is 11.0. The standard InChI is InChI=1S/C11H18O2/c1-2-10(12)8-11(13)9-6-4-3-5-7-9/h8-9,13H,2-7H2,1H3/b11-8-. The highest BCUT2D eigenvalue weighted by Gasteiger charge is 2.17. The maximum atomic E-state index is 11.0. The van der Waals surface area contributed by atoms with Crippen LogP contribution in [0.2, 0.25) is 0 Å². The van der Waals surface area contributed by atoms with Crippen LogP contribution < -0.4 is 0 Å². The maximum absolute atomic E-state index is 11.0. The summed E-state index contributed by atoms with van der Waals surface area (Å²) in [5.74, 6) is 0.596. The first-order chi connectivity index (χ1) is 6.24. The van der Waals surface area contributed by atoms with E-state index in [4.69, 9.17) is 0 Å². The zero-order chi connectivity index (χ0) is 9.68. The van der Waals surface area contributed by atoms with E-state index in [2.05, 4.69) is 0 Å². The lowest BCUT2D eigenvalue weighted by Gasteiger charge is -2.20. The van der Waals surface area contributed by atoms with Crippen LogP contribution in [0.3, 0.4) is 0 Å². The van der Waals surface area contributed by atoms with E-state index in [0.717, 1.165) is 12.8 Å². The van der Waals surface area contributed by atoms with E-state index in [1.54, 1.807) is 0 Å². The van der Waals surface area contributed by atoms with E-state index in [9.17, 15) is 9.90 Å². The van der Waals surface area contributed by atoms with Gasteiger partial charge in [0, 0.05) is 18.4 Å². The third-order valence-corrected chi connectivity index (χ3v) is 2.68. The first kappa shape index (κ1) is 10.3. The summed E-state index contributed by atoms with van der Waals surface area (Å²) in [6.45, 7) is 1.81. The third-order valence-electron chi connectivity index (χ3n) is 2.68. The first-order valence-corrected chi connectivity index (χ1v) is 5.17. The van der Waals surface area contributed by atoms with Crippen molar-refractivity contribution in [3.8, 4) is 0 Å². The van der Waals surface area contributed by atoms with Gasteiger partial charge in [-0.1, -0.05) is 26.2 Å². The van der Waals surface area contributed by atoms with Gasteiger partial charge in [-0.15, -0.1) is 0 Å². The van der Waals surface area contributed by atoms with E-state index in [0.29, 0.717) is 12.2 Å². The lowest BCUT2D eigenvalue weighted by atomic mass is 9.87. The molecule has 0 spiro atoms. The van der Waals surface area contributed by atoms with Crippen LogP contribution in [0.5, 0.6) is 0 Å². The molecule has 2 nitrogen and oxygen atoms in total. The fourth-order valence-corrected chi connectivity index (χ4v) is 1.78. The Morgan fingerprint density at radius 2 is 2.00 bits per heavy atom. The van der Waals surface area contributed by atoms with Crippen molar-refractivity contribution in [2.45, 2.75) is 45.4 Å². The highest BCUT2D eigenvalue weighted by atomic mass is 16.3. The van der Waals surface area contributed by atoms with Crippen molar-refractivity contribution in [3.63, 3.8) is 0 Å². The second kappa shape index (κ2) is 5.05. The molecular formula is C11H18O2. The Kier molecular flexibility index (Phi) is 4.00. The van der Waals surface area contributed by atoms with E-state index in [1.807, 2.05) is 6.92 Å². The lowest BCUT2D eigenvalue weighted by Crippen LogP contribution is -2.10. The molecule has 0 radical (unpaired) electrons. The van der Waals surface area contributed by atoms with Crippen molar-refractivity contribution >= 4 is 5.78 Å². The molecule has 1 rings (SSSR count).